The molecule has 0 N–H and O–H groups in total. The standard InChI is InChI=1S/C19H29N7O2S/c1-4-23-14-18(21-16(23)3)29(27,28)26-11-9-24(10-12-26)17-13-15(2)20-19(22-17)25-7-5-6-8-25/h13-14H,4-12H2,1-3H3. The zero-order chi connectivity index (χ0) is 20.6. The van der Waals surface area contributed by atoms with Gasteiger partial charge in [0.2, 0.25) is 5.95 Å². The fourth-order valence-electron chi connectivity index (χ4n) is 3.97. The molecule has 158 valence electrons. The first kappa shape index (κ1) is 20.1. The van der Waals surface area contributed by atoms with E-state index in [1.54, 1.807) is 6.20 Å². The van der Waals surface area contributed by atoms with Crippen LogP contribution in [0.3, 0.4) is 0 Å². The molecular weight excluding hydrogens is 390 g/mol. The van der Waals surface area contributed by atoms with Gasteiger partial charge in [-0.2, -0.15) is 9.29 Å². The van der Waals surface area contributed by atoms with E-state index in [0.717, 1.165) is 36.4 Å². The van der Waals surface area contributed by atoms with Crippen LogP contribution in [0.25, 0.3) is 0 Å². The summed E-state index contributed by atoms with van der Waals surface area (Å²) < 4.78 is 29.4. The third-order valence-corrected chi connectivity index (χ3v) is 7.45. The average Bonchev–Trinajstić information content (AvgIpc) is 3.37. The van der Waals surface area contributed by atoms with E-state index in [4.69, 9.17) is 4.98 Å². The predicted molar refractivity (Wildman–Crippen MR) is 112 cm³/mol. The normalized spacial score (nSPS) is 18.6. The van der Waals surface area contributed by atoms with E-state index >= 15 is 0 Å². The Morgan fingerprint density at radius 1 is 0.931 bits per heavy atom. The Morgan fingerprint density at radius 2 is 1.62 bits per heavy atom. The Hall–Kier alpha value is -2.20. The molecule has 0 atom stereocenters. The van der Waals surface area contributed by atoms with Gasteiger partial charge in [0, 0.05) is 63.8 Å². The summed E-state index contributed by atoms with van der Waals surface area (Å²) >= 11 is 0. The van der Waals surface area contributed by atoms with Crippen molar-refractivity contribution in [3.05, 3.63) is 23.8 Å². The molecule has 0 saturated carbocycles. The van der Waals surface area contributed by atoms with Crippen LogP contribution in [0, 0.1) is 13.8 Å². The van der Waals surface area contributed by atoms with E-state index in [2.05, 4.69) is 19.8 Å². The van der Waals surface area contributed by atoms with E-state index < -0.39 is 10.0 Å². The number of hydrogen-bond donors (Lipinski definition) is 0. The van der Waals surface area contributed by atoms with E-state index in [1.807, 2.05) is 31.4 Å². The SMILES string of the molecule is CCn1cc(S(=O)(=O)N2CCN(c3cc(C)nc(N4CCCC4)n3)CC2)nc1C. The van der Waals surface area contributed by atoms with Crippen molar-refractivity contribution in [1.29, 1.82) is 0 Å². The molecule has 2 aliphatic heterocycles. The molecular formula is C19H29N7O2S. The van der Waals surface area contributed by atoms with Crippen LogP contribution in [0.5, 0.6) is 0 Å². The van der Waals surface area contributed by atoms with Crippen LogP contribution >= 0.6 is 0 Å². The predicted octanol–water partition coefficient (Wildman–Crippen LogP) is 1.42. The summed E-state index contributed by atoms with van der Waals surface area (Å²) in [5, 5.41) is 0.138. The molecule has 29 heavy (non-hydrogen) atoms. The number of nitrogens with zero attached hydrogens (tertiary/aromatic N) is 7. The quantitative estimate of drug-likeness (QED) is 0.724. The lowest BCUT2D eigenvalue weighted by molar-refractivity contribution is 0.382. The molecule has 2 fully saturated rings. The van der Waals surface area contributed by atoms with Crippen molar-refractivity contribution in [2.24, 2.45) is 0 Å². The fourth-order valence-corrected chi connectivity index (χ4v) is 5.39. The third kappa shape index (κ3) is 3.95. The number of imidazole rings is 1. The molecule has 0 bridgehead atoms. The van der Waals surface area contributed by atoms with Gasteiger partial charge in [0.05, 0.1) is 0 Å². The van der Waals surface area contributed by atoms with Crippen LogP contribution < -0.4 is 9.80 Å². The van der Waals surface area contributed by atoms with E-state index in [0.29, 0.717) is 32.7 Å². The number of hydrogen-bond acceptors (Lipinski definition) is 7. The Bertz CT molecular complexity index is 974. The van der Waals surface area contributed by atoms with Gasteiger partial charge in [0.1, 0.15) is 11.6 Å². The van der Waals surface area contributed by atoms with Gasteiger partial charge in [-0.05, 0) is 33.6 Å². The molecule has 0 unspecified atom stereocenters. The molecule has 0 radical (unpaired) electrons. The topological polar surface area (TPSA) is 87.5 Å². The number of sulfonamides is 1. The Labute approximate surface area is 172 Å². The van der Waals surface area contributed by atoms with Crippen LogP contribution in [0.1, 0.15) is 31.3 Å². The third-order valence-electron chi connectivity index (χ3n) is 5.68. The second-order valence-corrected chi connectivity index (χ2v) is 9.55. The lowest BCUT2D eigenvalue weighted by Gasteiger charge is -2.34. The molecule has 0 aliphatic carbocycles. The Morgan fingerprint density at radius 3 is 2.24 bits per heavy atom. The van der Waals surface area contributed by atoms with Crippen molar-refractivity contribution < 1.29 is 8.42 Å². The maximum Gasteiger partial charge on any atom is 0.262 e. The molecule has 10 heteroatoms. The van der Waals surface area contributed by atoms with Crippen molar-refractivity contribution in [2.75, 3.05) is 49.1 Å². The molecule has 0 amide bonds. The van der Waals surface area contributed by atoms with Gasteiger partial charge in [0.15, 0.2) is 5.03 Å². The van der Waals surface area contributed by atoms with Crippen LogP contribution in [-0.2, 0) is 16.6 Å². The van der Waals surface area contributed by atoms with E-state index in [9.17, 15) is 8.42 Å². The number of piperazine rings is 1. The summed E-state index contributed by atoms with van der Waals surface area (Å²) in [6.07, 6.45) is 3.99. The number of aryl methyl sites for hydroxylation is 3. The second-order valence-electron chi connectivity index (χ2n) is 7.67. The van der Waals surface area contributed by atoms with Crippen LogP contribution in [-0.4, -0.2) is 71.5 Å². The van der Waals surface area contributed by atoms with Crippen molar-refractivity contribution in [3.8, 4) is 0 Å². The highest BCUT2D eigenvalue weighted by Gasteiger charge is 2.31. The molecule has 9 nitrogen and oxygen atoms in total. The number of rotatable bonds is 5. The summed E-state index contributed by atoms with van der Waals surface area (Å²) in [6, 6.07) is 1.98. The fraction of sp³-hybridized carbons (Fsp3) is 0.632. The van der Waals surface area contributed by atoms with Crippen LogP contribution in [0.4, 0.5) is 11.8 Å². The number of aromatic nitrogens is 4. The molecule has 4 heterocycles. The minimum Gasteiger partial charge on any atom is -0.354 e. The minimum atomic E-state index is -3.58. The van der Waals surface area contributed by atoms with Gasteiger partial charge in [-0.3, -0.25) is 0 Å². The summed E-state index contributed by atoms with van der Waals surface area (Å²) in [7, 11) is -3.58. The van der Waals surface area contributed by atoms with Gasteiger partial charge < -0.3 is 14.4 Å². The smallest absolute Gasteiger partial charge is 0.262 e. The zero-order valence-corrected chi connectivity index (χ0v) is 18.2. The molecule has 0 aromatic carbocycles. The maximum atomic E-state index is 13.0. The van der Waals surface area contributed by atoms with Crippen molar-refractivity contribution in [1.82, 2.24) is 23.8 Å². The minimum absolute atomic E-state index is 0.138. The lowest BCUT2D eigenvalue weighted by Crippen LogP contribution is -2.49. The Kier molecular flexibility index (Phi) is 5.48. The van der Waals surface area contributed by atoms with E-state index in [1.165, 1.54) is 17.1 Å². The van der Waals surface area contributed by atoms with Gasteiger partial charge in [-0.15, -0.1) is 0 Å². The van der Waals surface area contributed by atoms with Gasteiger partial charge in [-0.1, -0.05) is 0 Å². The van der Waals surface area contributed by atoms with Crippen LogP contribution in [0.2, 0.25) is 0 Å². The lowest BCUT2D eigenvalue weighted by atomic mass is 10.3. The van der Waals surface area contributed by atoms with Crippen molar-refractivity contribution in [3.63, 3.8) is 0 Å². The average molecular weight is 420 g/mol. The monoisotopic (exact) mass is 419 g/mol. The molecule has 0 spiro atoms. The summed E-state index contributed by atoms with van der Waals surface area (Å²) in [4.78, 5) is 18.0. The zero-order valence-electron chi connectivity index (χ0n) is 17.4. The summed E-state index contributed by atoms with van der Waals surface area (Å²) in [5.41, 5.74) is 0.938. The van der Waals surface area contributed by atoms with Crippen LogP contribution in [0.15, 0.2) is 17.3 Å². The first-order valence-corrected chi connectivity index (χ1v) is 11.7. The summed E-state index contributed by atoms with van der Waals surface area (Å²) in [6.45, 7) is 10.5. The van der Waals surface area contributed by atoms with Gasteiger partial charge >= 0.3 is 0 Å². The Balaban J connectivity index is 1.48. The number of anilines is 2. The molecule has 2 aromatic rings. The molecule has 2 saturated heterocycles. The van der Waals surface area contributed by atoms with Gasteiger partial charge in [0.25, 0.3) is 10.0 Å². The first-order valence-electron chi connectivity index (χ1n) is 10.3. The maximum absolute atomic E-state index is 13.0. The molecule has 2 aromatic heterocycles. The largest absolute Gasteiger partial charge is 0.354 e. The molecule has 4 rings (SSSR count). The second kappa shape index (κ2) is 7.91. The summed E-state index contributed by atoms with van der Waals surface area (Å²) in [5.74, 6) is 2.38. The molecule has 2 aliphatic rings. The highest BCUT2D eigenvalue weighted by atomic mass is 32.2. The first-order chi connectivity index (χ1) is 13.9. The van der Waals surface area contributed by atoms with E-state index in [-0.39, 0.29) is 5.03 Å². The van der Waals surface area contributed by atoms with Gasteiger partial charge in [-0.25, -0.2) is 18.4 Å². The van der Waals surface area contributed by atoms with Crippen molar-refractivity contribution >= 4 is 21.8 Å². The highest BCUT2D eigenvalue weighted by Crippen LogP contribution is 2.23. The van der Waals surface area contributed by atoms with Crippen molar-refractivity contribution in [2.45, 2.75) is 45.2 Å². The highest BCUT2D eigenvalue weighted by molar-refractivity contribution is 7.89.